The molecule has 0 saturated carbocycles. The first-order valence-corrected chi connectivity index (χ1v) is 5.26. The van der Waals surface area contributed by atoms with Crippen molar-refractivity contribution in [2.45, 2.75) is 39.4 Å². The van der Waals surface area contributed by atoms with E-state index in [1.54, 1.807) is 6.92 Å². The van der Waals surface area contributed by atoms with Crippen LogP contribution in [0.25, 0.3) is 0 Å². The second-order valence-electron chi connectivity index (χ2n) is 2.76. The van der Waals surface area contributed by atoms with Crippen LogP contribution in [-0.2, 0) is 14.3 Å². The molecule has 4 heteroatoms. The fourth-order valence-electron chi connectivity index (χ4n) is 0.763. The van der Waals surface area contributed by atoms with E-state index in [0.717, 1.165) is 12.8 Å². The van der Waals surface area contributed by atoms with Crippen LogP contribution in [0.2, 0.25) is 0 Å². The summed E-state index contributed by atoms with van der Waals surface area (Å²) in [5.41, 5.74) is 0. The molecular weight excluding hydrogens is 188 g/mol. The lowest BCUT2D eigenvalue weighted by molar-refractivity contribution is -0.174. The van der Waals surface area contributed by atoms with Gasteiger partial charge < -0.3 is 9.47 Å². The molecule has 0 aliphatic heterocycles. The molecular formula is C9H18O3S. The van der Waals surface area contributed by atoms with Crippen LogP contribution in [0.4, 0.5) is 0 Å². The monoisotopic (exact) mass is 206 g/mol. The SMILES string of the molecule is CCCCOC(C)OC(=O)CCS. The molecule has 0 aromatic rings. The van der Waals surface area contributed by atoms with Gasteiger partial charge in [0.1, 0.15) is 0 Å². The molecule has 13 heavy (non-hydrogen) atoms. The molecule has 0 N–H and O–H groups in total. The Morgan fingerprint density at radius 1 is 1.54 bits per heavy atom. The Morgan fingerprint density at radius 3 is 2.77 bits per heavy atom. The van der Waals surface area contributed by atoms with E-state index in [-0.39, 0.29) is 5.97 Å². The van der Waals surface area contributed by atoms with Crippen LogP contribution in [0.1, 0.15) is 33.1 Å². The third kappa shape index (κ3) is 8.12. The van der Waals surface area contributed by atoms with Crippen molar-refractivity contribution in [1.29, 1.82) is 0 Å². The first kappa shape index (κ1) is 12.8. The van der Waals surface area contributed by atoms with Gasteiger partial charge in [-0.25, -0.2) is 0 Å². The van der Waals surface area contributed by atoms with Crippen LogP contribution < -0.4 is 0 Å². The number of thiol groups is 1. The lowest BCUT2D eigenvalue weighted by Gasteiger charge is -2.13. The van der Waals surface area contributed by atoms with Gasteiger partial charge in [0.2, 0.25) is 0 Å². The number of esters is 1. The summed E-state index contributed by atoms with van der Waals surface area (Å²) in [5, 5.41) is 0. The molecule has 0 aromatic heterocycles. The van der Waals surface area contributed by atoms with Crippen molar-refractivity contribution in [2.24, 2.45) is 0 Å². The van der Waals surface area contributed by atoms with E-state index in [0.29, 0.717) is 18.8 Å². The third-order valence-electron chi connectivity index (χ3n) is 1.46. The van der Waals surface area contributed by atoms with E-state index in [2.05, 4.69) is 19.6 Å². The summed E-state index contributed by atoms with van der Waals surface area (Å²) in [5.74, 6) is 0.263. The third-order valence-corrected chi connectivity index (χ3v) is 1.69. The summed E-state index contributed by atoms with van der Waals surface area (Å²) >= 11 is 3.93. The minimum atomic E-state index is -0.432. The van der Waals surface area contributed by atoms with Gasteiger partial charge in [-0.1, -0.05) is 13.3 Å². The zero-order valence-corrected chi connectivity index (χ0v) is 9.18. The Morgan fingerprint density at radius 2 is 2.23 bits per heavy atom. The quantitative estimate of drug-likeness (QED) is 0.299. The van der Waals surface area contributed by atoms with Gasteiger partial charge in [0.15, 0.2) is 6.29 Å². The predicted molar refractivity (Wildman–Crippen MR) is 54.9 cm³/mol. The fraction of sp³-hybridized carbons (Fsp3) is 0.889. The summed E-state index contributed by atoms with van der Waals surface area (Å²) < 4.78 is 10.2. The van der Waals surface area contributed by atoms with Crippen LogP contribution in [0.15, 0.2) is 0 Å². The highest BCUT2D eigenvalue weighted by atomic mass is 32.1. The largest absolute Gasteiger partial charge is 0.436 e. The van der Waals surface area contributed by atoms with E-state index in [4.69, 9.17) is 9.47 Å². The molecule has 0 bridgehead atoms. The number of carbonyl (C=O) groups excluding carboxylic acids is 1. The Labute approximate surface area is 85.2 Å². The van der Waals surface area contributed by atoms with E-state index in [1.165, 1.54) is 0 Å². The average Bonchev–Trinajstić information content (AvgIpc) is 2.05. The summed E-state index contributed by atoms with van der Waals surface area (Å²) in [6.07, 6.45) is 1.98. The van der Waals surface area contributed by atoms with Crippen molar-refractivity contribution in [3.63, 3.8) is 0 Å². The van der Waals surface area contributed by atoms with Gasteiger partial charge in [0.25, 0.3) is 0 Å². The molecule has 0 spiro atoms. The summed E-state index contributed by atoms with van der Waals surface area (Å²) in [4.78, 5) is 10.9. The molecule has 0 radical (unpaired) electrons. The van der Waals surface area contributed by atoms with Crippen molar-refractivity contribution in [2.75, 3.05) is 12.4 Å². The lowest BCUT2D eigenvalue weighted by atomic mass is 10.4. The Kier molecular flexibility index (Phi) is 8.24. The molecule has 0 aromatic carbocycles. The minimum absolute atomic E-state index is 0.251. The molecule has 0 rings (SSSR count). The summed E-state index contributed by atoms with van der Waals surface area (Å²) in [6.45, 7) is 4.46. The zero-order valence-electron chi connectivity index (χ0n) is 8.28. The van der Waals surface area contributed by atoms with Gasteiger partial charge in [-0.05, 0) is 13.3 Å². The molecule has 3 nitrogen and oxygen atoms in total. The zero-order chi connectivity index (χ0) is 10.1. The maximum Gasteiger partial charge on any atom is 0.308 e. The summed E-state index contributed by atoms with van der Waals surface area (Å²) in [6, 6.07) is 0. The highest BCUT2D eigenvalue weighted by Gasteiger charge is 2.07. The number of unbranched alkanes of at least 4 members (excludes halogenated alkanes) is 1. The van der Waals surface area contributed by atoms with E-state index >= 15 is 0 Å². The number of rotatable bonds is 7. The molecule has 1 atom stereocenters. The van der Waals surface area contributed by atoms with Gasteiger partial charge >= 0.3 is 5.97 Å². The van der Waals surface area contributed by atoms with Crippen molar-refractivity contribution in [3.05, 3.63) is 0 Å². The minimum Gasteiger partial charge on any atom is -0.436 e. The smallest absolute Gasteiger partial charge is 0.308 e. The van der Waals surface area contributed by atoms with Gasteiger partial charge in [0, 0.05) is 5.75 Å². The predicted octanol–water partition coefficient (Wildman–Crippen LogP) is 2.01. The molecule has 0 amide bonds. The van der Waals surface area contributed by atoms with Crippen molar-refractivity contribution in [3.8, 4) is 0 Å². The fourth-order valence-corrected chi connectivity index (χ4v) is 0.946. The Hall–Kier alpha value is -0.220. The Balaban J connectivity index is 3.38. The maximum absolute atomic E-state index is 10.9. The number of ether oxygens (including phenoxy) is 2. The van der Waals surface area contributed by atoms with Gasteiger partial charge in [0.05, 0.1) is 13.0 Å². The van der Waals surface area contributed by atoms with Crippen LogP contribution in [0.5, 0.6) is 0 Å². The first-order valence-electron chi connectivity index (χ1n) is 4.62. The highest BCUT2D eigenvalue weighted by molar-refractivity contribution is 7.80. The van der Waals surface area contributed by atoms with E-state index in [1.807, 2.05) is 0 Å². The summed E-state index contributed by atoms with van der Waals surface area (Å²) in [7, 11) is 0. The number of hydrogen-bond donors (Lipinski definition) is 1. The second-order valence-corrected chi connectivity index (χ2v) is 3.20. The molecule has 0 fully saturated rings. The van der Waals surface area contributed by atoms with Crippen molar-refractivity contribution < 1.29 is 14.3 Å². The lowest BCUT2D eigenvalue weighted by Crippen LogP contribution is -2.18. The van der Waals surface area contributed by atoms with Gasteiger partial charge in [-0.15, -0.1) is 0 Å². The molecule has 1 unspecified atom stereocenters. The molecule has 0 saturated heterocycles. The molecule has 78 valence electrons. The van der Waals surface area contributed by atoms with Crippen molar-refractivity contribution >= 4 is 18.6 Å². The van der Waals surface area contributed by atoms with Gasteiger partial charge in [-0.2, -0.15) is 12.6 Å². The van der Waals surface area contributed by atoms with Crippen molar-refractivity contribution in [1.82, 2.24) is 0 Å². The molecule has 0 aliphatic rings. The highest BCUT2D eigenvalue weighted by Crippen LogP contribution is 1.99. The molecule has 0 aliphatic carbocycles. The van der Waals surface area contributed by atoms with E-state index in [9.17, 15) is 4.79 Å². The number of hydrogen-bond acceptors (Lipinski definition) is 4. The maximum atomic E-state index is 10.9. The van der Waals surface area contributed by atoms with Crippen LogP contribution in [0.3, 0.4) is 0 Å². The first-order chi connectivity index (χ1) is 6.20. The van der Waals surface area contributed by atoms with Crippen LogP contribution >= 0.6 is 12.6 Å². The Bertz CT molecular complexity index is 139. The second kappa shape index (κ2) is 8.38. The van der Waals surface area contributed by atoms with E-state index < -0.39 is 6.29 Å². The topological polar surface area (TPSA) is 35.5 Å². The van der Waals surface area contributed by atoms with Gasteiger partial charge in [-0.3, -0.25) is 4.79 Å². The van der Waals surface area contributed by atoms with Crippen LogP contribution in [0, 0.1) is 0 Å². The standard InChI is InChI=1S/C9H18O3S/c1-3-4-6-11-8(2)12-9(10)5-7-13/h8,13H,3-7H2,1-2H3. The average molecular weight is 206 g/mol. The molecule has 0 heterocycles. The van der Waals surface area contributed by atoms with Crippen LogP contribution in [-0.4, -0.2) is 24.6 Å². The normalized spacial score (nSPS) is 12.5. The number of carbonyl (C=O) groups is 1.